The average Bonchev–Trinajstić information content (AvgIpc) is 2.75. The highest BCUT2D eigenvalue weighted by Crippen LogP contribution is 2.22. The minimum atomic E-state index is -3.76. The van der Waals surface area contributed by atoms with E-state index in [-0.39, 0.29) is 29.3 Å². The highest BCUT2D eigenvalue weighted by atomic mass is 32.2. The van der Waals surface area contributed by atoms with Crippen molar-refractivity contribution in [2.45, 2.75) is 31.7 Å². The molecule has 1 unspecified atom stereocenters. The molecule has 168 valence electrons. The average molecular weight is 457 g/mol. The summed E-state index contributed by atoms with van der Waals surface area (Å²) < 4.78 is 46.4. The van der Waals surface area contributed by atoms with Gasteiger partial charge in [-0.1, -0.05) is 24.3 Å². The van der Waals surface area contributed by atoms with Crippen LogP contribution in [0.15, 0.2) is 71.6 Å². The molecule has 0 saturated carbocycles. The molecular formula is C24H25FN2O4S. The lowest BCUT2D eigenvalue weighted by Gasteiger charge is -2.15. The first-order chi connectivity index (χ1) is 15.1. The standard InChI is InChI=1S/C24H25FN2O4S/c1-16-4-5-17(2)23(14-16)27-32(29,30)22-12-10-21(11-13-22)31-15-24(28)26-18(3)19-6-8-20(25)9-7-19/h4-14,18,27H,15H2,1-3H3,(H,26,28). The number of hydrogen-bond acceptors (Lipinski definition) is 4. The maximum absolute atomic E-state index is 13.0. The van der Waals surface area contributed by atoms with Gasteiger partial charge in [-0.3, -0.25) is 9.52 Å². The summed E-state index contributed by atoms with van der Waals surface area (Å²) in [6.07, 6.45) is 0. The molecule has 0 aliphatic heterocycles. The van der Waals surface area contributed by atoms with Crippen LogP contribution in [0.4, 0.5) is 10.1 Å². The van der Waals surface area contributed by atoms with Crippen molar-refractivity contribution in [1.29, 1.82) is 0 Å². The minimum Gasteiger partial charge on any atom is -0.484 e. The molecule has 1 atom stereocenters. The van der Waals surface area contributed by atoms with E-state index < -0.39 is 10.0 Å². The van der Waals surface area contributed by atoms with E-state index in [4.69, 9.17) is 4.74 Å². The highest BCUT2D eigenvalue weighted by molar-refractivity contribution is 7.92. The molecule has 0 aromatic heterocycles. The van der Waals surface area contributed by atoms with Gasteiger partial charge in [-0.05, 0) is 79.9 Å². The quantitative estimate of drug-likeness (QED) is 0.523. The Kier molecular flexibility index (Phi) is 7.15. The monoisotopic (exact) mass is 456 g/mol. The number of benzene rings is 3. The largest absolute Gasteiger partial charge is 0.484 e. The van der Waals surface area contributed by atoms with Gasteiger partial charge in [0.1, 0.15) is 11.6 Å². The van der Waals surface area contributed by atoms with Crippen LogP contribution in [0.3, 0.4) is 0 Å². The van der Waals surface area contributed by atoms with E-state index in [1.807, 2.05) is 26.0 Å². The summed E-state index contributed by atoms with van der Waals surface area (Å²) in [6, 6.07) is 16.9. The van der Waals surface area contributed by atoms with Gasteiger partial charge in [-0.15, -0.1) is 0 Å². The number of rotatable bonds is 8. The molecular weight excluding hydrogens is 431 g/mol. The number of amides is 1. The van der Waals surface area contributed by atoms with Gasteiger partial charge in [0.15, 0.2) is 6.61 Å². The molecule has 0 radical (unpaired) electrons. The number of hydrogen-bond donors (Lipinski definition) is 2. The number of carbonyl (C=O) groups excluding carboxylic acids is 1. The van der Waals surface area contributed by atoms with Gasteiger partial charge in [0.25, 0.3) is 15.9 Å². The van der Waals surface area contributed by atoms with Crippen LogP contribution >= 0.6 is 0 Å². The molecule has 8 heteroatoms. The third kappa shape index (κ3) is 6.07. The third-order valence-corrected chi connectivity index (χ3v) is 6.27. The van der Waals surface area contributed by atoms with Crippen LogP contribution in [0.1, 0.15) is 29.7 Å². The van der Waals surface area contributed by atoms with Crippen LogP contribution in [0.25, 0.3) is 0 Å². The van der Waals surface area contributed by atoms with Gasteiger partial charge in [0.05, 0.1) is 16.6 Å². The second-order valence-electron chi connectivity index (χ2n) is 7.52. The Morgan fingerprint density at radius 1 is 1.00 bits per heavy atom. The van der Waals surface area contributed by atoms with Crippen LogP contribution in [0.5, 0.6) is 5.75 Å². The summed E-state index contributed by atoms with van der Waals surface area (Å²) in [7, 11) is -3.76. The normalized spacial score (nSPS) is 12.1. The number of anilines is 1. The van der Waals surface area contributed by atoms with Crippen LogP contribution in [0.2, 0.25) is 0 Å². The summed E-state index contributed by atoms with van der Waals surface area (Å²) in [6.45, 7) is 5.27. The predicted octanol–water partition coefficient (Wildman–Crippen LogP) is 4.50. The zero-order chi connectivity index (χ0) is 23.3. The smallest absolute Gasteiger partial charge is 0.261 e. The number of carbonyl (C=O) groups is 1. The number of aryl methyl sites for hydroxylation is 2. The molecule has 2 N–H and O–H groups in total. The summed E-state index contributed by atoms with van der Waals surface area (Å²) >= 11 is 0. The Bertz CT molecular complexity index is 1190. The van der Waals surface area contributed by atoms with Gasteiger partial charge < -0.3 is 10.1 Å². The van der Waals surface area contributed by atoms with Crippen LogP contribution in [0, 0.1) is 19.7 Å². The fourth-order valence-electron chi connectivity index (χ4n) is 3.03. The van der Waals surface area contributed by atoms with Crippen LogP contribution in [-0.2, 0) is 14.8 Å². The number of sulfonamides is 1. The number of nitrogens with one attached hydrogen (secondary N) is 2. The second-order valence-corrected chi connectivity index (χ2v) is 9.21. The molecule has 32 heavy (non-hydrogen) atoms. The Hall–Kier alpha value is -3.39. The number of halogens is 1. The number of ether oxygens (including phenoxy) is 1. The zero-order valence-corrected chi connectivity index (χ0v) is 18.9. The van der Waals surface area contributed by atoms with Crippen molar-refractivity contribution in [1.82, 2.24) is 5.32 Å². The highest BCUT2D eigenvalue weighted by Gasteiger charge is 2.16. The first kappa shape index (κ1) is 23.3. The van der Waals surface area contributed by atoms with E-state index in [0.29, 0.717) is 11.4 Å². The SMILES string of the molecule is Cc1ccc(C)c(NS(=O)(=O)c2ccc(OCC(=O)NC(C)c3ccc(F)cc3)cc2)c1. The van der Waals surface area contributed by atoms with E-state index in [2.05, 4.69) is 10.0 Å². The van der Waals surface area contributed by atoms with E-state index in [1.165, 1.54) is 36.4 Å². The van der Waals surface area contributed by atoms with Gasteiger partial charge in [0.2, 0.25) is 0 Å². The predicted molar refractivity (Wildman–Crippen MR) is 122 cm³/mol. The molecule has 3 aromatic rings. The Morgan fingerprint density at radius 2 is 1.66 bits per heavy atom. The topological polar surface area (TPSA) is 84.5 Å². The molecule has 0 aliphatic carbocycles. The van der Waals surface area contributed by atoms with E-state index in [0.717, 1.165) is 16.7 Å². The Balaban J connectivity index is 1.57. The van der Waals surface area contributed by atoms with Gasteiger partial charge in [-0.25, -0.2) is 12.8 Å². The first-order valence-corrected chi connectivity index (χ1v) is 11.5. The van der Waals surface area contributed by atoms with Crippen LogP contribution in [-0.4, -0.2) is 20.9 Å². The van der Waals surface area contributed by atoms with Crippen molar-refractivity contribution in [3.05, 3.63) is 89.2 Å². The third-order valence-electron chi connectivity index (χ3n) is 4.89. The van der Waals surface area contributed by atoms with E-state index in [9.17, 15) is 17.6 Å². The molecule has 0 bridgehead atoms. The van der Waals surface area contributed by atoms with Crippen LogP contribution < -0.4 is 14.8 Å². The van der Waals surface area contributed by atoms with Crippen molar-refractivity contribution in [3.63, 3.8) is 0 Å². The van der Waals surface area contributed by atoms with Crippen molar-refractivity contribution in [3.8, 4) is 5.75 Å². The Labute approximate surface area is 187 Å². The van der Waals surface area contributed by atoms with Gasteiger partial charge in [0, 0.05) is 0 Å². The zero-order valence-electron chi connectivity index (χ0n) is 18.1. The maximum Gasteiger partial charge on any atom is 0.261 e. The molecule has 0 aliphatic rings. The van der Waals surface area contributed by atoms with Crippen molar-refractivity contribution in [2.24, 2.45) is 0 Å². The summed E-state index contributed by atoms with van der Waals surface area (Å²) in [5.74, 6) is -0.333. The Morgan fingerprint density at radius 3 is 2.31 bits per heavy atom. The minimum absolute atomic E-state index is 0.0835. The molecule has 0 spiro atoms. The molecule has 6 nitrogen and oxygen atoms in total. The van der Waals surface area contributed by atoms with Crippen molar-refractivity contribution in [2.75, 3.05) is 11.3 Å². The lowest BCUT2D eigenvalue weighted by Crippen LogP contribution is -2.31. The van der Waals surface area contributed by atoms with Crippen molar-refractivity contribution < 1.29 is 22.3 Å². The molecule has 0 saturated heterocycles. The van der Waals surface area contributed by atoms with E-state index in [1.54, 1.807) is 25.1 Å². The maximum atomic E-state index is 13.0. The second kappa shape index (κ2) is 9.82. The lowest BCUT2D eigenvalue weighted by atomic mass is 10.1. The fraction of sp³-hybridized carbons (Fsp3) is 0.208. The molecule has 3 rings (SSSR count). The first-order valence-electron chi connectivity index (χ1n) is 10.0. The molecule has 0 fully saturated rings. The molecule has 3 aromatic carbocycles. The molecule has 1 amide bonds. The van der Waals surface area contributed by atoms with Crippen molar-refractivity contribution >= 4 is 21.6 Å². The van der Waals surface area contributed by atoms with Gasteiger partial charge in [-0.2, -0.15) is 0 Å². The fourth-order valence-corrected chi connectivity index (χ4v) is 4.15. The van der Waals surface area contributed by atoms with E-state index >= 15 is 0 Å². The van der Waals surface area contributed by atoms with Gasteiger partial charge >= 0.3 is 0 Å². The summed E-state index contributed by atoms with van der Waals surface area (Å²) in [5.41, 5.74) is 3.06. The summed E-state index contributed by atoms with van der Waals surface area (Å²) in [5, 5.41) is 2.77. The molecule has 0 heterocycles. The lowest BCUT2D eigenvalue weighted by molar-refractivity contribution is -0.123. The summed E-state index contributed by atoms with van der Waals surface area (Å²) in [4.78, 5) is 12.2.